The average molecular weight is 340 g/mol. The van der Waals surface area contributed by atoms with Gasteiger partial charge in [0.2, 0.25) is 15.8 Å². The summed E-state index contributed by atoms with van der Waals surface area (Å²) in [5, 5.41) is 16.1. The Kier molecular flexibility index (Phi) is 4.35. The number of rotatable bonds is 4. The molecule has 0 saturated carbocycles. The molecular weight excluding hydrogens is 327 g/mol. The monoisotopic (exact) mass is 340 g/mol. The van der Waals surface area contributed by atoms with Crippen molar-refractivity contribution in [1.29, 1.82) is 0 Å². The van der Waals surface area contributed by atoms with Crippen LogP contribution in [0.4, 0.5) is 10.1 Å². The van der Waals surface area contributed by atoms with Gasteiger partial charge in [0.1, 0.15) is 11.6 Å². The van der Waals surface area contributed by atoms with Gasteiger partial charge in [-0.25, -0.2) is 17.9 Å². The maximum Gasteiger partial charge on any atom is 0.312 e. The minimum Gasteiger partial charge on any atom is -0.450 e. The van der Waals surface area contributed by atoms with E-state index in [1.807, 2.05) is 0 Å². The highest BCUT2D eigenvalue weighted by atomic mass is 32.2. The summed E-state index contributed by atoms with van der Waals surface area (Å²) in [5.41, 5.74) is 0.347. The zero-order valence-electron chi connectivity index (χ0n) is 12.2. The summed E-state index contributed by atoms with van der Waals surface area (Å²) >= 11 is 0. The standard InChI is InChI=1S/C14H13FN2O5S/c1-8-5-10(15)6-9(2)14(8)22-13-4-3-11(23(16,20)21)7-12(13)17(18)19/h3-7H,1-2H3,(H2,16,20,21). The smallest absolute Gasteiger partial charge is 0.312 e. The van der Waals surface area contributed by atoms with E-state index in [0.29, 0.717) is 11.1 Å². The number of primary sulfonamides is 1. The molecule has 122 valence electrons. The van der Waals surface area contributed by atoms with Gasteiger partial charge < -0.3 is 4.74 Å². The van der Waals surface area contributed by atoms with Crippen LogP contribution in [-0.4, -0.2) is 13.3 Å². The topological polar surface area (TPSA) is 113 Å². The van der Waals surface area contributed by atoms with E-state index in [1.54, 1.807) is 13.8 Å². The third kappa shape index (κ3) is 3.63. The number of hydrogen-bond acceptors (Lipinski definition) is 5. The molecule has 0 aliphatic heterocycles. The van der Waals surface area contributed by atoms with Gasteiger partial charge in [-0.1, -0.05) is 0 Å². The molecule has 2 aromatic rings. The molecule has 23 heavy (non-hydrogen) atoms. The molecule has 0 fully saturated rings. The van der Waals surface area contributed by atoms with Gasteiger partial charge in [-0.3, -0.25) is 10.1 Å². The lowest BCUT2D eigenvalue weighted by Crippen LogP contribution is -2.12. The molecule has 0 aromatic heterocycles. The molecule has 9 heteroatoms. The van der Waals surface area contributed by atoms with Crippen molar-refractivity contribution in [1.82, 2.24) is 0 Å². The van der Waals surface area contributed by atoms with Crippen molar-refractivity contribution < 1.29 is 22.5 Å². The van der Waals surface area contributed by atoms with Crippen LogP contribution in [0.2, 0.25) is 0 Å². The maximum absolute atomic E-state index is 13.3. The normalized spacial score (nSPS) is 11.3. The predicted molar refractivity (Wildman–Crippen MR) is 80.4 cm³/mol. The summed E-state index contributed by atoms with van der Waals surface area (Å²) < 4.78 is 41.4. The lowest BCUT2D eigenvalue weighted by atomic mass is 10.1. The van der Waals surface area contributed by atoms with Crippen molar-refractivity contribution in [2.45, 2.75) is 18.7 Å². The van der Waals surface area contributed by atoms with Gasteiger partial charge in [0.25, 0.3) is 0 Å². The van der Waals surface area contributed by atoms with Crippen LogP contribution < -0.4 is 9.88 Å². The first-order chi connectivity index (χ1) is 10.6. The number of halogens is 1. The van der Waals surface area contributed by atoms with Crippen molar-refractivity contribution >= 4 is 15.7 Å². The summed E-state index contributed by atoms with van der Waals surface area (Å²) in [6.07, 6.45) is 0. The van der Waals surface area contributed by atoms with E-state index < -0.39 is 31.3 Å². The highest BCUT2D eigenvalue weighted by molar-refractivity contribution is 7.89. The van der Waals surface area contributed by atoms with Crippen LogP contribution >= 0.6 is 0 Å². The summed E-state index contributed by atoms with van der Waals surface area (Å²) in [4.78, 5) is 9.97. The Morgan fingerprint density at radius 1 is 1.17 bits per heavy atom. The van der Waals surface area contributed by atoms with E-state index in [-0.39, 0.29) is 11.5 Å². The van der Waals surface area contributed by atoms with Crippen molar-refractivity contribution in [3.8, 4) is 11.5 Å². The molecule has 2 N–H and O–H groups in total. The second-order valence-corrected chi connectivity index (χ2v) is 6.46. The Labute approximate surface area is 131 Å². The number of ether oxygens (including phenoxy) is 1. The Morgan fingerprint density at radius 3 is 2.22 bits per heavy atom. The molecule has 0 unspecified atom stereocenters. The molecule has 0 aliphatic rings. The molecule has 0 atom stereocenters. The summed E-state index contributed by atoms with van der Waals surface area (Å²) in [7, 11) is -4.08. The van der Waals surface area contributed by atoms with Crippen LogP contribution in [0, 0.1) is 29.8 Å². The fourth-order valence-corrected chi connectivity index (χ4v) is 2.61. The molecule has 0 aliphatic carbocycles. The van der Waals surface area contributed by atoms with E-state index in [4.69, 9.17) is 9.88 Å². The molecule has 0 radical (unpaired) electrons. The Balaban J connectivity index is 2.55. The second-order valence-electron chi connectivity index (χ2n) is 4.90. The van der Waals surface area contributed by atoms with Gasteiger partial charge in [-0.05, 0) is 49.2 Å². The van der Waals surface area contributed by atoms with Crippen LogP contribution in [0.25, 0.3) is 0 Å². The van der Waals surface area contributed by atoms with E-state index in [9.17, 15) is 22.9 Å². The zero-order chi connectivity index (χ0) is 17.4. The molecular formula is C14H13FN2O5S. The minimum atomic E-state index is -4.08. The third-order valence-corrected chi connectivity index (χ3v) is 4.00. The highest BCUT2D eigenvalue weighted by Gasteiger charge is 2.21. The molecule has 0 bridgehead atoms. The number of benzene rings is 2. The molecule has 0 amide bonds. The van der Waals surface area contributed by atoms with Crippen molar-refractivity contribution in [2.24, 2.45) is 5.14 Å². The first kappa shape index (κ1) is 16.8. The number of nitro benzene ring substituents is 1. The van der Waals surface area contributed by atoms with Gasteiger partial charge in [-0.15, -0.1) is 0 Å². The minimum absolute atomic E-state index is 0.166. The molecule has 2 aromatic carbocycles. The fourth-order valence-electron chi connectivity index (χ4n) is 2.07. The number of nitrogens with two attached hydrogens (primary N) is 1. The molecule has 0 saturated heterocycles. The second kappa shape index (κ2) is 5.94. The first-order valence-corrected chi connectivity index (χ1v) is 7.90. The van der Waals surface area contributed by atoms with Crippen molar-refractivity contribution in [3.05, 3.63) is 57.4 Å². The lowest BCUT2D eigenvalue weighted by Gasteiger charge is -2.12. The summed E-state index contributed by atoms with van der Waals surface area (Å²) in [6.45, 7) is 3.19. The van der Waals surface area contributed by atoms with Crippen LogP contribution in [-0.2, 0) is 10.0 Å². The van der Waals surface area contributed by atoms with E-state index in [2.05, 4.69) is 0 Å². The number of nitrogens with zero attached hydrogens (tertiary/aromatic N) is 1. The van der Waals surface area contributed by atoms with Crippen LogP contribution in [0.15, 0.2) is 35.2 Å². The Morgan fingerprint density at radius 2 is 1.74 bits per heavy atom. The van der Waals surface area contributed by atoms with Crippen LogP contribution in [0.1, 0.15) is 11.1 Å². The van der Waals surface area contributed by atoms with E-state index in [1.165, 1.54) is 12.1 Å². The van der Waals surface area contributed by atoms with Gasteiger partial charge in [-0.2, -0.15) is 0 Å². The summed E-state index contributed by atoms with van der Waals surface area (Å²) in [5.74, 6) is -0.357. The number of hydrogen-bond donors (Lipinski definition) is 1. The molecule has 0 spiro atoms. The third-order valence-electron chi connectivity index (χ3n) is 3.09. The zero-order valence-corrected chi connectivity index (χ0v) is 13.1. The highest BCUT2D eigenvalue weighted by Crippen LogP contribution is 2.36. The number of aryl methyl sites for hydroxylation is 2. The van der Waals surface area contributed by atoms with E-state index in [0.717, 1.165) is 18.2 Å². The maximum atomic E-state index is 13.3. The van der Waals surface area contributed by atoms with Gasteiger partial charge in [0.05, 0.1) is 9.82 Å². The Bertz CT molecular complexity index is 873. The lowest BCUT2D eigenvalue weighted by molar-refractivity contribution is -0.385. The summed E-state index contributed by atoms with van der Waals surface area (Å²) in [6, 6.07) is 5.52. The molecule has 0 heterocycles. The van der Waals surface area contributed by atoms with Crippen LogP contribution in [0.3, 0.4) is 0 Å². The fraction of sp³-hybridized carbons (Fsp3) is 0.143. The van der Waals surface area contributed by atoms with Crippen molar-refractivity contribution in [3.63, 3.8) is 0 Å². The quantitative estimate of drug-likeness (QED) is 0.679. The Hall–Kier alpha value is -2.52. The average Bonchev–Trinajstić information content (AvgIpc) is 2.41. The van der Waals surface area contributed by atoms with Crippen LogP contribution in [0.5, 0.6) is 11.5 Å². The van der Waals surface area contributed by atoms with Gasteiger partial charge in [0, 0.05) is 6.07 Å². The molecule has 2 rings (SSSR count). The molecule has 7 nitrogen and oxygen atoms in total. The predicted octanol–water partition coefficient (Wildman–Crippen LogP) is 2.79. The van der Waals surface area contributed by atoms with Gasteiger partial charge >= 0.3 is 5.69 Å². The SMILES string of the molecule is Cc1cc(F)cc(C)c1Oc1ccc(S(N)(=O)=O)cc1[N+](=O)[O-]. The van der Waals surface area contributed by atoms with Crippen molar-refractivity contribution in [2.75, 3.05) is 0 Å². The number of sulfonamides is 1. The number of nitro groups is 1. The van der Waals surface area contributed by atoms with Gasteiger partial charge in [0.15, 0.2) is 0 Å². The van der Waals surface area contributed by atoms with E-state index >= 15 is 0 Å². The first-order valence-electron chi connectivity index (χ1n) is 6.35. The largest absolute Gasteiger partial charge is 0.450 e.